The van der Waals surface area contributed by atoms with Crippen LogP contribution in [-0.2, 0) is 38.6 Å². The predicted octanol–water partition coefficient (Wildman–Crippen LogP) is 8.19. The Labute approximate surface area is 280 Å². The van der Waals surface area contributed by atoms with Gasteiger partial charge in [0.2, 0.25) is 0 Å². The van der Waals surface area contributed by atoms with E-state index in [1.54, 1.807) is 4.90 Å². The maximum Gasteiger partial charge on any atom is 0.410 e. The van der Waals surface area contributed by atoms with Crippen LogP contribution >= 0.6 is 0 Å². The van der Waals surface area contributed by atoms with E-state index in [-0.39, 0.29) is 24.2 Å². The molecule has 0 unspecified atom stereocenters. The molecule has 0 spiro atoms. The van der Waals surface area contributed by atoms with E-state index in [2.05, 4.69) is 36.9 Å². The summed E-state index contributed by atoms with van der Waals surface area (Å²) in [5.74, 6) is -0.403. The van der Waals surface area contributed by atoms with Crippen LogP contribution in [-0.4, -0.2) is 53.3 Å². The molecule has 1 fully saturated rings. The van der Waals surface area contributed by atoms with Crippen molar-refractivity contribution in [3.8, 4) is 11.1 Å². The summed E-state index contributed by atoms with van der Waals surface area (Å²) < 4.78 is 17.9. The number of nitrogens with zero attached hydrogens (tertiary/aromatic N) is 3. The Morgan fingerprint density at radius 3 is 2.34 bits per heavy atom. The fourth-order valence-corrected chi connectivity index (χ4v) is 6.37. The normalized spacial score (nSPS) is 16.9. The Morgan fingerprint density at radius 1 is 0.979 bits per heavy atom. The highest BCUT2D eigenvalue weighted by Gasteiger charge is 2.37. The first kappa shape index (κ1) is 34.4. The molecule has 8 nitrogen and oxygen atoms in total. The van der Waals surface area contributed by atoms with Gasteiger partial charge in [0.1, 0.15) is 6.61 Å². The van der Waals surface area contributed by atoms with Gasteiger partial charge < -0.3 is 24.0 Å². The van der Waals surface area contributed by atoms with E-state index in [4.69, 9.17) is 19.2 Å². The van der Waals surface area contributed by atoms with Gasteiger partial charge in [-0.05, 0) is 88.5 Å². The maximum atomic E-state index is 13.7. The van der Waals surface area contributed by atoms with Gasteiger partial charge in [0, 0.05) is 49.2 Å². The summed E-state index contributed by atoms with van der Waals surface area (Å²) in [6, 6.07) is 16.2. The monoisotopic (exact) mass is 641 g/mol. The third kappa shape index (κ3) is 8.52. The molecular weight excluding hydrogens is 590 g/mol. The van der Waals surface area contributed by atoms with E-state index in [1.165, 1.54) is 5.56 Å². The highest BCUT2D eigenvalue weighted by molar-refractivity contribution is 5.87. The number of rotatable bonds is 8. The van der Waals surface area contributed by atoms with Crippen LogP contribution in [0.15, 0.2) is 54.7 Å². The number of aryl methyl sites for hydroxylation is 1. The van der Waals surface area contributed by atoms with E-state index in [0.29, 0.717) is 13.1 Å². The number of hydrogen-bond acceptors (Lipinski definition) is 7. The van der Waals surface area contributed by atoms with Crippen molar-refractivity contribution in [1.82, 2.24) is 9.88 Å². The zero-order valence-corrected chi connectivity index (χ0v) is 29.4. The van der Waals surface area contributed by atoms with Crippen LogP contribution in [0.4, 0.5) is 10.5 Å². The summed E-state index contributed by atoms with van der Waals surface area (Å²) in [5.41, 5.74) is 7.44. The third-order valence-corrected chi connectivity index (χ3v) is 9.01. The van der Waals surface area contributed by atoms with Crippen molar-refractivity contribution in [2.45, 2.75) is 106 Å². The Bertz CT molecular complexity index is 1570. The van der Waals surface area contributed by atoms with Crippen molar-refractivity contribution < 1.29 is 23.8 Å². The van der Waals surface area contributed by atoms with E-state index < -0.39 is 17.7 Å². The first-order valence-corrected chi connectivity index (χ1v) is 16.9. The molecule has 2 aliphatic rings. The van der Waals surface area contributed by atoms with Crippen LogP contribution in [0.5, 0.6) is 0 Å². The zero-order chi connectivity index (χ0) is 33.9. The van der Waals surface area contributed by atoms with Gasteiger partial charge in [-0.15, -0.1) is 0 Å². The van der Waals surface area contributed by atoms with Gasteiger partial charge in [0.05, 0.1) is 17.4 Å². The van der Waals surface area contributed by atoms with E-state index >= 15 is 0 Å². The van der Waals surface area contributed by atoms with Gasteiger partial charge in [0.25, 0.3) is 0 Å². The van der Waals surface area contributed by atoms with Gasteiger partial charge in [-0.2, -0.15) is 0 Å². The minimum atomic E-state index is -0.928. The van der Waals surface area contributed by atoms with Crippen LogP contribution in [0.1, 0.15) is 95.4 Å². The predicted molar refractivity (Wildman–Crippen MR) is 185 cm³/mol. The molecule has 0 radical (unpaired) electrons. The molecule has 1 amide bonds. The number of benzene rings is 2. The number of aromatic nitrogens is 1. The van der Waals surface area contributed by atoms with Gasteiger partial charge in [-0.1, -0.05) is 62.4 Å². The number of amides is 1. The molecule has 2 aliphatic heterocycles. The van der Waals surface area contributed by atoms with E-state index in [0.717, 1.165) is 71.6 Å². The lowest BCUT2D eigenvalue weighted by Crippen LogP contribution is -2.39. The number of hydrogen-bond donors (Lipinski definition) is 0. The number of carbonyl (C=O) groups excluding carboxylic acids is 2. The quantitative estimate of drug-likeness (QED) is 0.230. The van der Waals surface area contributed by atoms with Crippen LogP contribution in [0, 0.1) is 12.3 Å². The fraction of sp³-hybridized carbons (Fsp3) is 0.513. The van der Waals surface area contributed by atoms with Crippen molar-refractivity contribution >= 4 is 17.7 Å². The van der Waals surface area contributed by atoms with Crippen molar-refractivity contribution in [3.63, 3.8) is 0 Å². The molecule has 5 rings (SSSR count). The van der Waals surface area contributed by atoms with Crippen molar-refractivity contribution in [3.05, 3.63) is 82.7 Å². The molecule has 3 aromatic rings. The summed E-state index contributed by atoms with van der Waals surface area (Å²) in [6.07, 6.45) is 3.23. The zero-order valence-electron chi connectivity index (χ0n) is 29.4. The second kappa shape index (κ2) is 14.1. The number of fused-ring (bicyclic) bond motifs is 1. The molecule has 0 bridgehead atoms. The standard InChI is InChI=1S/C39H51N3O5/c1-26(2)46-36(43)35(47-38(4,5)6)33-27(3)40-23-32(34(33)41-20-17-39(7,8)18-21-41)30-14-15-31-24-42(19-16-29(31)22-30)37(44)45-25-28-12-10-9-11-13-28/h9-15,22-23,26,35H,16-21,24-25H2,1-8H3/t35-/m0/s1. The Morgan fingerprint density at radius 2 is 1.68 bits per heavy atom. The molecule has 3 heterocycles. The molecular formula is C39H51N3O5. The number of pyridine rings is 1. The Hall–Kier alpha value is -3.91. The second-order valence-electron chi connectivity index (χ2n) is 15.0. The summed E-state index contributed by atoms with van der Waals surface area (Å²) in [7, 11) is 0. The minimum absolute atomic E-state index is 0.247. The summed E-state index contributed by atoms with van der Waals surface area (Å²) in [5, 5.41) is 0. The molecule has 8 heteroatoms. The lowest BCUT2D eigenvalue weighted by molar-refractivity contribution is -0.171. The molecule has 0 N–H and O–H groups in total. The van der Waals surface area contributed by atoms with Crippen LogP contribution < -0.4 is 4.90 Å². The third-order valence-electron chi connectivity index (χ3n) is 9.01. The lowest BCUT2D eigenvalue weighted by Gasteiger charge is -2.41. The topological polar surface area (TPSA) is 81.2 Å². The smallest absolute Gasteiger partial charge is 0.410 e. The van der Waals surface area contributed by atoms with Gasteiger partial charge in [0.15, 0.2) is 6.10 Å². The molecule has 47 heavy (non-hydrogen) atoms. The number of esters is 1. The highest BCUT2D eigenvalue weighted by atomic mass is 16.6. The molecule has 2 aromatic carbocycles. The van der Waals surface area contributed by atoms with Crippen LogP contribution in [0.2, 0.25) is 0 Å². The number of ether oxygens (including phenoxy) is 3. The Kier molecular flexibility index (Phi) is 10.3. The first-order chi connectivity index (χ1) is 22.2. The van der Waals surface area contributed by atoms with E-state index in [9.17, 15) is 9.59 Å². The molecule has 1 atom stereocenters. The number of carbonyl (C=O) groups is 2. The molecule has 1 saturated heterocycles. The average Bonchev–Trinajstić information content (AvgIpc) is 3.02. The summed E-state index contributed by atoms with van der Waals surface area (Å²) in [6.45, 7) is 19.3. The number of piperidine rings is 1. The molecule has 0 saturated carbocycles. The SMILES string of the molecule is Cc1ncc(-c2ccc3c(c2)CCN(C(=O)OCc2ccccc2)C3)c(N2CCC(C)(C)CC2)c1[C@H](OC(C)(C)C)C(=O)OC(C)C. The maximum absolute atomic E-state index is 13.7. The average molecular weight is 642 g/mol. The summed E-state index contributed by atoms with van der Waals surface area (Å²) in [4.78, 5) is 35.7. The minimum Gasteiger partial charge on any atom is -0.461 e. The summed E-state index contributed by atoms with van der Waals surface area (Å²) >= 11 is 0. The Balaban J connectivity index is 1.50. The molecule has 1 aromatic heterocycles. The largest absolute Gasteiger partial charge is 0.461 e. The number of anilines is 1. The van der Waals surface area contributed by atoms with Crippen LogP contribution in [0.25, 0.3) is 11.1 Å². The van der Waals surface area contributed by atoms with Crippen molar-refractivity contribution in [1.29, 1.82) is 0 Å². The van der Waals surface area contributed by atoms with Crippen molar-refractivity contribution in [2.75, 3.05) is 24.5 Å². The molecule has 0 aliphatic carbocycles. The van der Waals surface area contributed by atoms with E-state index in [1.807, 2.05) is 78.1 Å². The van der Waals surface area contributed by atoms with Crippen molar-refractivity contribution in [2.24, 2.45) is 5.41 Å². The highest BCUT2D eigenvalue weighted by Crippen LogP contribution is 2.44. The van der Waals surface area contributed by atoms with Crippen LogP contribution in [0.3, 0.4) is 0 Å². The first-order valence-electron chi connectivity index (χ1n) is 16.9. The fourth-order valence-electron chi connectivity index (χ4n) is 6.37. The van der Waals surface area contributed by atoms with Gasteiger partial charge in [-0.3, -0.25) is 4.98 Å². The lowest BCUT2D eigenvalue weighted by atomic mass is 9.82. The van der Waals surface area contributed by atoms with Gasteiger partial charge >= 0.3 is 12.1 Å². The second-order valence-corrected chi connectivity index (χ2v) is 15.0. The molecule has 252 valence electrons. The van der Waals surface area contributed by atoms with Gasteiger partial charge in [-0.25, -0.2) is 9.59 Å².